The summed E-state index contributed by atoms with van der Waals surface area (Å²) < 4.78 is 0. The number of hydrogen-bond acceptors (Lipinski definition) is 2. The van der Waals surface area contributed by atoms with E-state index < -0.39 is 0 Å². The number of amides is 1. The van der Waals surface area contributed by atoms with Crippen molar-refractivity contribution in [1.29, 1.82) is 0 Å². The van der Waals surface area contributed by atoms with Crippen LogP contribution in [0.5, 0.6) is 5.75 Å². The zero-order valence-electron chi connectivity index (χ0n) is 14.4. The fraction of sp³-hybridized carbons (Fsp3) is 0.632. The fourth-order valence-electron chi connectivity index (χ4n) is 3.12. The number of hydrogen-bond donors (Lipinski definition) is 1. The van der Waals surface area contributed by atoms with Gasteiger partial charge < -0.3 is 10.0 Å². The van der Waals surface area contributed by atoms with E-state index in [0.29, 0.717) is 30.6 Å². The maximum Gasteiger partial charge on any atom is 0.222 e. The predicted octanol–water partition coefficient (Wildman–Crippen LogP) is 4.54. The zero-order chi connectivity index (χ0) is 16.3. The van der Waals surface area contributed by atoms with E-state index in [4.69, 9.17) is 0 Å². The highest BCUT2D eigenvalue weighted by Crippen LogP contribution is 2.37. The van der Waals surface area contributed by atoms with Gasteiger partial charge in [-0.3, -0.25) is 4.79 Å². The molecular weight excluding hydrogens is 274 g/mol. The van der Waals surface area contributed by atoms with Crippen LogP contribution in [0.15, 0.2) is 12.1 Å². The van der Waals surface area contributed by atoms with Crippen molar-refractivity contribution in [2.45, 2.75) is 71.8 Å². The SMILES string of the molecule is CCC(C)c1cc(CN2CCCC2=O)cc(C(C)CC)c1O. The van der Waals surface area contributed by atoms with Gasteiger partial charge in [0.25, 0.3) is 0 Å². The third kappa shape index (κ3) is 3.45. The van der Waals surface area contributed by atoms with Gasteiger partial charge in [-0.1, -0.05) is 39.8 Å². The lowest BCUT2D eigenvalue weighted by Crippen LogP contribution is -2.24. The molecule has 0 bridgehead atoms. The first-order valence-electron chi connectivity index (χ1n) is 8.61. The number of phenols is 1. The molecule has 0 aromatic heterocycles. The molecule has 0 spiro atoms. The molecule has 2 unspecified atom stereocenters. The topological polar surface area (TPSA) is 40.5 Å². The normalized spacial score (nSPS) is 17.8. The van der Waals surface area contributed by atoms with Crippen LogP contribution < -0.4 is 0 Å². The fourth-order valence-corrected chi connectivity index (χ4v) is 3.12. The molecule has 1 fully saturated rings. The third-order valence-corrected chi connectivity index (χ3v) is 5.06. The summed E-state index contributed by atoms with van der Waals surface area (Å²) in [5.74, 6) is 1.37. The number of carbonyl (C=O) groups is 1. The highest BCUT2D eigenvalue weighted by Gasteiger charge is 2.22. The molecule has 1 aromatic rings. The molecule has 0 saturated carbocycles. The smallest absolute Gasteiger partial charge is 0.222 e. The number of rotatable bonds is 6. The monoisotopic (exact) mass is 303 g/mol. The molecule has 3 heteroatoms. The van der Waals surface area contributed by atoms with Crippen LogP contribution in [0.25, 0.3) is 0 Å². The summed E-state index contributed by atoms with van der Waals surface area (Å²) in [4.78, 5) is 13.8. The standard InChI is InChI=1S/C19H29NO2/c1-5-13(3)16-10-15(12-20-9-7-8-18(20)21)11-17(19(16)22)14(4)6-2/h10-11,13-14,22H,5-9,12H2,1-4H3. The lowest BCUT2D eigenvalue weighted by atomic mass is 9.88. The lowest BCUT2D eigenvalue weighted by Gasteiger charge is -2.22. The number of nitrogens with zero attached hydrogens (tertiary/aromatic N) is 1. The van der Waals surface area contributed by atoms with E-state index in [0.717, 1.165) is 42.5 Å². The van der Waals surface area contributed by atoms with Gasteiger partial charge in [0.15, 0.2) is 0 Å². The quantitative estimate of drug-likeness (QED) is 0.838. The molecule has 1 aliphatic heterocycles. The highest BCUT2D eigenvalue weighted by molar-refractivity contribution is 5.78. The lowest BCUT2D eigenvalue weighted by molar-refractivity contribution is -0.128. The van der Waals surface area contributed by atoms with Crippen molar-refractivity contribution in [1.82, 2.24) is 4.90 Å². The first-order chi connectivity index (χ1) is 10.5. The molecule has 3 nitrogen and oxygen atoms in total. The van der Waals surface area contributed by atoms with Crippen molar-refractivity contribution in [3.63, 3.8) is 0 Å². The molecule has 1 aromatic carbocycles. The van der Waals surface area contributed by atoms with Gasteiger partial charge in [-0.2, -0.15) is 0 Å². The molecule has 0 aliphatic carbocycles. The van der Waals surface area contributed by atoms with E-state index in [2.05, 4.69) is 39.8 Å². The third-order valence-electron chi connectivity index (χ3n) is 5.06. The van der Waals surface area contributed by atoms with Crippen LogP contribution in [-0.4, -0.2) is 22.5 Å². The first kappa shape index (κ1) is 16.9. The molecule has 22 heavy (non-hydrogen) atoms. The molecule has 1 saturated heterocycles. The molecule has 2 rings (SSSR count). The summed E-state index contributed by atoms with van der Waals surface area (Å²) in [5, 5.41) is 10.6. The molecular formula is C19H29NO2. The van der Waals surface area contributed by atoms with E-state index in [1.807, 2.05) is 4.90 Å². The van der Waals surface area contributed by atoms with Crippen LogP contribution in [0.3, 0.4) is 0 Å². The second kappa shape index (κ2) is 7.17. The van der Waals surface area contributed by atoms with E-state index in [1.54, 1.807) is 0 Å². The Hall–Kier alpha value is -1.51. The van der Waals surface area contributed by atoms with Crippen LogP contribution >= 0.6 is 0 Å². The van der Waals surface area contributed by atoms with Crippen LogP contribution in [0.1, 0.15) is 81.9 Å². The summed E-state index contributed by atoms with van der Waals surface area (Å²) in [6, 6.07) is 4.20. The minimum absolute atomic E-state index is 0.253. The molecule has 122 valence electrons. The van der Waals surface area contributed by atoms with Gasteiger partial charge in [0.05, 0.1) is 0 Å². The van der Waals surface area contributed by atoms with Crippen LogP contribution in [0.4, 0.5) is 0 Å². The van der Waals surface area contributed by atoms with E-state index >= 15 is 0 Å². The van der Waals surface area contributed by atoms with E-state index in [-0.39, 0.29) is 5.91 Å². The van der Waals surface area contributed by atoms with Crippen molar-refractivity contribution in [2.75, 3.05) is 6.54 Å². The second-order valence-electron chi connectivity index (χ2n) is 6.66. The number of benzene rings is 1. The molecule has 1 heterocycles. The van der Waals surface area contributed by atoms with Gasteiger partial charge in [0, 0.05) is 19.5 Å². The molecule has 2 atom stereocenters. The summed E-state index contributed by atoms with van der Waals surface area (Å²) >= 11 is 0. The summed E-state index contributed by atoms with van der Waals surface area (Å²) in [5.41, 5.74) is 3.21. The second-order valence-corrected chi connectivity index (χ2v) is 6.66. The summed E-state index contributed by atoms with van der Waals surface area (Å²) in [6.45, 7) is 10.1. The first-order valence-corrected chi connectivity index (χ1v) is 8.61. The Balaban J connectivity index is 2.38. The maximum atomic E-state index is 11.9. The molecule has 1 amide bonds. The highest BCUT2D eigenvalue weighted by atomic mass is 16.3. The number of phenolic OH excluding ortho intramolecular Hbond substituents is 1. The largest absolute Gasteiger partial charge is 0.507 e. The molecule has 1 N–H and O–H groups in total. The Morgan fingerprint density at radius 2 is 1.68 bits per heavy atom. The average molecular weight is 303 g/mol. The van der Waals surface area contributed by atoms with Gasteiger partial charge in [-0.15, -0.1) is 0 Å². The van der Waals surface area contributed by atoms with Crippen LogP contribution in [0.2, 0.25) is 0 Å². The van der Waals surface area contributed by atoms with E-state index in [9.17, 15) is 9.90 Å². The Kier molecular flexibility index (Phi) is 5.49. The number of aromatic hydroxyl groups is 1. The Bertz CT molecular complexity index is 507. The molecule has 1 aliphatic rings. The Morgan fingerprint density at radius 1 is 1.14 bits per heavy atom. The number of carbonyl (C=O) groups excluding carboxylic acids is 1. The summed E-state index contributed by atoms with van der Waals surface area (Å²) in [7, 11) is 0. The molecule has 0 radical (unpaired) electrons. The van der Waals surface area contributed by atoms with Gasteiger partial charge >= 0.3 is 0 Å². The van der Waals surface area contributed by atoms with Crippen molar-refractivity contribution in [3.05, 3.63) is 28.8 Å². The number of likely N-dealkylation sites (tertiary alicyclic amines) is 1. The van der Waals surface area contributed by atoms with Crippen molar-refractivity contribution >= 4 is 5.91 Å². The van der Waals surface area contributed by atoms with Crippen LogP contribution in [0, 0.1) is 0 Å². The van der Waals surface area contributed by atoms with Crippen molar-refractivity contribution in [3.8, 4) is 5.75 Å². The van der Waals surface area contributed by atoms with Gasteiger partial charge in [0.1, 0.15) is 5.75 Å². The average Bonchev–Trinajstić information content (AvgIpc) is 2.92. The predicted molar refractivity (Wildman–Crippen MR) is 90.2 cm³/mol. The zero-order valence-corrected chi connectivity index (χ0v) is 14.4. The summed E-state index contributed by atoms with van der Waals surface area (Å²) in [6.07, 6.45) is 3.64. The Morgan fingerprint density at radius 3 is 2.09 bits per heavy atom. The van der Waals surface area contributed by atoms with E-state index in [1.165, 1.54) is 0 Å². The van der Waals surface area contributed by atoms with Gasteiger partial charge in [-0.25, -0.2) is 0 Å². The minimum atomic E-state index is 0.253. The Labute approximate surface area is 134 Å². The van der Waals surface area contributed by atoms with Gasteiger partial charge in [-0.05, 0) is 47.8 Å². The maximum absolute atomic E-state index is 11.9. The van der Waals surface area contributed by atoms with Crippen LogP contribution in [-0.2, 0) is 11.3 Å². The van der Waals surface area contributed by atoms with Crippen molar-refractivity contribution < 1.29 is 9.90 Å². The van der Waals surface area contributed by atoms with Gasteiger partial charge in [0.2, 0.25) is 5.91 Å². The minimum Gasteiger partial charge on any atom is -0.507 e. The van der Waals surface area contributed by atoms with Crippen molar-refractivity contribution in [2.24, 2.45) is 0 Å².